The van der Waals surface area contributed by atoms with E-state index >= 15 is 0 Å². The third kappa shape index (κ3) is 6.93. The van der Waals surface area contributed by atoms with Crippen LogP contribution >= 0.6 is 0 Å². The molecule has 0 atom stereocenters. The van der Waals surface area contributed by atoms with E-state index in [0.717, 1.165) is 26.2 Å². The van der Waals surface area contributed by atoms with E-state index < -0.39 is 0 Å². The Morgan fingerprint density at radius 2 is 1.94 bits per heavy atom. The molecule has 0 aliphatic heterocycles. The Bertz CT molecular complexity index is 326. The van der Waals surface area contributed by atoms with Crippen LogP contribution in [0.15, 0.2) is 42.0 Å². The molecule has 0 aliphatic carbocycles. The summed E-state index contributed by atoms with van der Waals surface area (Å²) in [5, 5.41) is 3.42. The fraction of sp³-hybridized carbons (Fsp3) is 0.467. The first-order chi connectivity index (χ1) is 8.18. The van der Waals surface area contributed by atoms with Gasteiger partial charge in [-0.2, -0.15) is 0 Å². The van der Waals surface area contributed by atoms with Crippen molar-refractivity contribution in [2.75, 3.05) is 26.7 Å². The molecule has 0 aliphatic rings. The summed E-state index contributed by atoms with van der Waals surface area (Å²) < 4.78 is 0. The summed E-state index contributed by atoms with van der Waals surface area (Å²) in [6.45, 7) is 8.36. The Labute approximate surface area is 105 Å². The molecule has 0 saturated heterocycles. The van der Waals surface area contributed by atoms with E-state index in [2.05, 4.69) is 67.5 Å². The summed E-state index contributed by atoms with van der Waals surface area (Å²) in [4.78, 5) is 2.34. The van der Waals surface area contributed by atoms with Gasteiger partial charge in [-0.05, 0) is 26.5 Å². The molecule has 1 rings (SSSR count). The zero-order valence-electron chi connectivity index (χ0n) is 11.2. The van der Waals surface area contributed by atoms with Crippen LogP contribution in [0.5, 0.6) is 0 Å². The van der Waals surface area contributed by atoms with Gasteiger partial charge >= 0.3 is 0 Å². The average molecular weight is 232 g/mol. The molecule has 94 valence electrons. The standard InChI is InChI=1S/C15H24N2/c1-14(2)9-10-16-11-12-17(3)13-15-7-5-4-6-8-15/h4-9,16H,10-13H2,1-3H3. The number of rotatable bonds is 7. The van der Waals surface area contributed by atoms with Gasteiger partial charge in [-0.15, -0.1) is 0 Å². The average Bonchev–Trinajstić information content (AvgIpc) is 2.29. The lowest BCUT2D eigenvalue weighted by Gasteiger charge is -2.16. The lowest BCUT2D eigenvalue weighted by atomic mass is 10.2. The number of nitrogens with zero attached hydrogens (tertiary/aromatic N) is 1. The topological polar surface area (TPSA) is 15.3 Å². The van der Waals surface area contributed by atoms with Crippen LogP contribution < -0.4 is 5.32 Å². The minimum Gasteiger partial charge on any atom is -0.312 e. The van der Waals surface area contributed by atoms with Crippen LogP contribution in [-0.4, -0.2) is 31.6 Å². The van der Waals surface area contributed by atoms with Crippen LogP contribution in [0.3, 0.4) is 0 Å². The molecule has 0 aromatic heterocycles. The summed E-state index contributed by atoms with van der Waals surface area (Å²) in [5.74, 6) is 0. The summed E-state index contributed by atoms with van der Waals surface area (Å²) in [6.07, 6.45) is 2.22. The molecular formula is C15H24N2. The van der Waals surface area contributed by atoms with Gasteiger partial charge in [0, 0.05) is 26.2 Å². The third-order valence-electron chi connectivity index (χ3n) is 2.62. The van der Waals surface area contributed by atoms with Crippen LogP contribution in [-0.2, 0) is 6.54 Å². The van der Waals surface area contributed by atoms with E-state index in [4.69, 9.17) is 0 Å². The van der Waals surface area contributed by atoms with Crippen molar-refractivity contribution in [1.29, 1.82) is 0 Å². The van der Waals surface area contributed by atoms with Crippen molar-refractivity contribution in [3.63, 3.8) is 0 Å². The largest absolute Gasteiger partial charge is 0.312 e. The number of likely N-dealkylation sites (N-methyl/N-ethyl adjacent to an activating group) is 1. The van der Waals surface area contributed by atoms with Crippen LogP contribution in [0.2, 0.25) is 0 Å². The van der Waals surface area contributed by atoms with Crippen molar-refractivity contribution in [3.05, 3.63) is 47.5 Å². The van der Waals surface area contributed by atoms with Crippen molar-refractivity contribution in [2.24, 2.45) is 0 Å². The first kappa shape index (κ1) is 13.9. The predicted octanol–water partition coefficient (Wildman–Crippen LogP) is 2.67. The highest BCUT2D eigenvalue weighted by molar-refractivity contribution is 5.14. The van der Waals surface area contributed by atoms with Gasteiger partial charge in [-0.25, -0.2) is 0 Å². The van der Waals surface area contributed by atoms with Gasteiger partial charge < -0.3 is 10.2 Å². The van der Waals surface area contributed by atoms with Crippen molar-refractivity contribution in [2.45, 2.75) is 20.4 Å². The van der Waals surface area contributed by atoms with Gasteiger partial charge in [0.15, 0.2) is 0 Å². The molecule has 0 spiro atoms. The van der Waals surface area contributed by atoms with Crippen LogP contribution in [0.1, 0.15) is 19.4 Å². The quantitative estimate of drug-likeness (QED) is 0.574. The van der Waals surface area contributed by atoms with E-state index in [1.807, 2.05) is 0 Å². The van der Waals surface area contributed by atoms with E-state index in [1.54, 1.807) is 0 Å². The maximum absolute atomic E-state index is 3.42. The molecule has 0 fully saturated rings. The molecule has 1 N–H and O–H groups in total. The van der Waals surface area contributed by atoms with Gasteiger partial charge in [0.25, 0.3) is 0 Å². The van der Waals surface area contributed by atoms with E-state index in [9.17, 15) is 0 Å². The molecule has 0 saturated carbocycles. The molecule has 0 bridgehead atoms. The normalized spacial score (nSPS) is 10.6. The maximum atomic E-state index is 3.42. The summed E-state index contributed by atoms with van der Waals surface area (Å²) in [7, 11) is 2.16. The molecule has 0 unspecified atom stereocenters. The SMILES string of the molecule is CC(C)=CCNCCN(C)Cc1ccccc1. The highest BCUT2D eigenvalue weighted by Crippen LogP contribution is 2.01. The highest BCUT2D eigenvalue weighted by Gasteiger charge is 1.98. The molecule has 0 amide bonds. The monoisotopic (exact) mass is 232 g/mol. The lowest BCUT2D eigenvalue weighted by Crippen LogP contribution is -2.29. The molecule has 1 aromatic carbocycles. The molecule has 2 heteroatoms. The van der Waals surface area contributed by atoms with Crippen LogP contribution in [0.25, 0.3) is 0 Å². The Kier molecular flexibility index (Phi) is 6.60. The van der Waals surface area contributed by atoms with Crippen LogP contribution in [0.4, 0.5) is 0 Å². The molecular weight excluding hydrogens is 208 g/mol. The number of hydrogen-bond acceptors (Lipinski definition) is 2. The number of benzene rings is 1. The van der Waals surface area contributed by atoms with E-state index in [0.29, 0.717) is 0 Å². The van der Waals surface area contributed by atoms with Gasteiger partial charge in [-0.3, -0.25) is 0 Å². The van der Waals surface area contributed by atoms with Crippen LogP contribution in [0, 0.1) is 0 Å². The smallest absolute Gasteiger partial charge is 0.0231 e. The Balaban J connectivity index is 2.13. The summed E-state index contributed by atoms with van der Waals surface area (Å²) in [5.41, 5.74) is 2.74. The van der Waals surface area contributed by atoms with E-state index in [-0.39, 0.29) is 0 Å². The minimum absolute atomic E-state index is 0.974. The molecule has 1 aromatic rings. The zero-order chi connectivity index (χ0) is 12.5. The van der Waals surface area contributed by atoms with Gasteiger partial charge in [0.1, 0.15) is 0 Å². The van der Waals surface area contributed by atoms with Crippen molar-refractivity contribution in [1.82, 2.24) is 10.2 Å². The Morgan fingerprint density at radius 1 is 1.24 bits per heavy atom. The second-order valence-electron chi connectivity index (χ2n) is 4.71. The Morgan fingerprint density at radius 3 is 2.59 bits per heavy atom. The van der Waals surface area contributed by atoms with Gasteiger partial charge in [-0.1, -0.05) is 42.0 Å². The van der Waals surface area contributed by atoms with Gasteiger partial charge in [0.2, 0.25) is 0 Å². The minimum atomic E-state index is 0.974. The predicted molar refractivity (Wildman–Crippen MR) is 75.1 cm³/mol. The van der Waals surface area contributed by atoms with E-state index in [1.165, 1.54) is 11.1 Å². The number of allylic oxidation sites excluding steroid dienone is 1. The molecule has 0 radical (unpaired) electrons. The second kappa shape index (κ2) is 8.04. The first-order valence-electron chi connectivity index (χ1n) is 6.25. The van der Waals surface area contributed by atoms with Gasteiger partial charge in [0.05, 0.1) is 0 Å². The molecule has 2 nitrogen and oxygen atoms in total. The highest BCUT2D eigenvalue weighted by atomic mass is 15.1. The first-order valence-corrected chi connectivity index (χ1v) is 6.25. The van der Waals surface area contributed by atoms with Crippen molar-refractivity contribution >= 4 is 0 Å². The number of nitrogens with one attached hydrogen (secondary N) is 1. The van der Waals surface area contributed by atoms with Crippen molar-refractivity contribution in [3.8, 4) is 0 Å². The summed E-state index contributed by atoms with van der Waals surface area (Å²) in [6, 6.07) is 10.6. The summed E-state index contributed by atoms with van der Waals surface area (Å²) >= 11 is 0. The fourth-order valence-electron chi connectivity index (χ4n) is 1.62. The molecule has 17 heavy (non-hydrogen) atoms. The molecule has 0 heterocycles. The lowest BCUT2D eigenvalue weighted by molar-refractivity contribution is 0.326. The Hall–Kier alpha value is -1.12. The number of hydrogen-bond donors (Lipinski definition) is 1. The third-order valence-corrected chi connectivity index (χ3v) is 2.62. The zero-order valence-corrected chi connectivity index (χ0v) is 11.2. The van der Waals surface area contributed by atoms with Crippen molar-refractivity contribution < 1.29 is 0 Å². The maximum Gasteiger partial charge on any atom is 0.0231 e. The fourth-order valence-corrected chi connectivity index (χ4v) is 1.62. The second-order valence-corrected chi connectivity index (χ2v) is 4.71.